The summed E-state index contributed by atoms with van der Waals surface area (Å²) in [5, 5.41) is 13.8. The molecule has 1 heterocycles. The Labute approximate surface area is 150 Å². The molecule has 0 fully saturated rings. The molecule has 6 nitrogen and oxygen atoms in total. The van der Waals surface area contributed by atoms with Gasteiger partial charge in [-0.2, -0.15) is 17.0 Å². The zero-order valence-corrected chi connectivity index (χ0v) is 14.3. The van der Waals surface area contributed by atoms with E-state index < -0.39 is 6.04 Å². The van der Waals surface area contributed by atoms with Crippen molar-refractivity contribution in [1.29, 1.82) is 5.26 Å². The highest BCUT2D eigenvalue weighted by molar-refractivity contribution is 7.98. The number of carbonyl (C=O) groups excluding carboxylic acids is 2. The smallest absolute Gasteiger partial charge is 0.252 e. The van der Waals surface area contributed by atoms with Crippen LogP contribution in [0.4, 0.5) is 0 Å². The Hall–Kier alpha value is -2.85. The molecule has 2 rings (SSSR count). The van der Waals surface area contributed by atoms with Crippen LogP contribution in [0.2, 0.25) is 0 Å². The normalized spacial score (nSPS) is 11.2. The lowest BCUT2D eigenvalue weighted by Crippen LogP contribution is -2.48. The van der Waals surface area contributed by atoms with Gasteiger partial charge in [-0.15, -0.1) is 0 Å². The number of nitrogens with zero attached hydrogens (tertiary/aromatic N) is 2. The van der Waals surface area contributed by atoms with Gasteiger partial charge in [-0.3, -0.25) is 14.6 Å². The standard InChI is InChI=1S/C18H18N4O2S/c19-8-11-21-18(24)16(13-25-12-14-4-2-1-3-5-14)22-17(23)15-6-9-20-10-7-15/h1-7,9-10,16H,11-13H2,(H,21,24)(H,22,23)/t16-/m0/s1. The fourth-order valence-corrected chi connectivity index (χ4v) is 3.06. The molecule has 0 spiro atoms. The lowest BCUT2D eigenvalue weighted by Gasteiger charge is -2.17. The minimum atomic E-state index is -0.720. The van der Waals surface area contributed by atoms with Crippen LogP contribution in [0.3, 0.4) is 0 Å². The van der Waals surface area contributed by atoms with Crippen molar-refractivity contribution in [1.82, 2.24) is 15.6 Å². The monoisotopic (exact) mass is 354 g/mol. The molecule has 1 atom stereocenters. The number of aromatic nitrogens is 1. The summed E-state index contributed by atoms with van der Waals surface area (Å²) in [5.74, 6) is 0.418. The predicted molar refractivity (Wildman–Crippen MR) is 96.7 cm³/mol. The number of carbonyl (C=O) groups is 2. The Bertz CT molecular complexity index is 732. The van der Waals surface area contributed by atoms with E-state index in [-0.39, 0.29) is 18.4 Å². The maximum absolute atomic E-state index is 12.3. The summed E-state index contributed by atoms with van der Waals surface area (Å²) in [6, 6.07) is 14.2. The summed E-state index contributed by atoms with van der Waals surface area (Å²) < 4.78 is 0. The minimum absolute atomic E-state index is 0.0934. The lowest BCUT2D eigenvalue weighted by atomic mass is 10.2. The fourth-order valence-electron chi connectivity index (χ4n) is 2.05. The van der Waals surface area contributed by atoms with E-state index in [1.807, 2.05) is 36.4 Å². The number of pyridine rings is 1. The molecular weight excluding hydrogens is 336 g/mol. The first kappa shape index (κ1) is 18.5. The molecule has 0 aliphatic heterocycles. The van der Waals surface area contributed by atoms with Gasteiger partial charge in [0.05, 0.1) is 6.07 Å². The van der Waals surface area contributed by atoms with Gasteiger partial charge in [-0.25, -0.2) is 0 Å². The zero-order chi connectivity index (χ0) is 17.9. The fraction of sp³-hybridized carbons (Fsp3) is 0.222. The van der Waals surface area contributed by atoms with E-state index in [0.717, 1.165) is 11.3 Å². The summed E-state index contributed by atoms with van der Waals surface area (Å²) in [5.41, 5.74) is 1.57. The highest BCUT2D eigenvalue weighted by Crippen LogP contribution is 2.13. The number of hydrogen-bond acceptors (Lipinski definition) is 5. The van der Waals surface area contributed by atoms with E-state index in [2.05, 4.69) is 15.6 Å². The second-order valence-electron chi connectivity index (χ2n) is 5.14. The molecule has 0 bridgehead atoms. The Morgan fingerprint density at radius 2 is 1.88 bits per heavy atom. The van der Waals surface area contributed by atoms with E-state index in [0.29, 0.717) is 11.3 Å². The molecule has 1 aromatic carbocycles. The van der Waals surface area contributed by atoms with Crippen LogP contribution in [0.15, 0.2) is 54.9 Å². The predicted octanol–water partition coefficient (Wildman–Crippen LogP) is 1.75. The Kier molecular flexibility index (Phi) is 7.47. The molecule has 0 unspecified atom stereocenters. The van der Waals surface area contributed by atoms with Gasteiger partial charge in [-0.1, -0.05) is 30.3 Å². The van der Waals surface area contributed by atoms with Crippen LogP contribution in [-0.4, -0.2) is 35.1 Å². The zero-order valence-electron chi connectivity index (χ0n) is 13.5. The van der Waals surface area contributed by atoms with Gasteiger partial charge >= 0.3 is 0 Å². The van der Waals surface area contributed by atoms with E-state index in [9.17, 15) is 9.59 Å². The van der Waals surface area contributed by atoms with Crippen LogP contribution in [-0.2, 0) is 10.5 Å². The van der Waals surface area contributed by atoms with Crippen molar-refractivity contribution in [3.63, 3.8) is 0 Å². The second-order valence-corrected chi connectivity index (χ2v) is 6.17. The van der Waals surface area contributed by atoms with E-state index in [1.165, 1.54) is 12.4 Å². The van der Waals surface area contributed by atoms with Crippen LogP contribution in [0.5, 0.6) is 0 Å². The molecule has 2 N–H and O–H groups in total. The number of thioether (sulfide) groups is 1. The highest BCUT2D eigenvalue weighted by Gasteiger charge is 2.21. The van der Waals surface area contributed by atoms with Gasteiger partial charge in [0.1, 0.15) is 12.6 Å². The number of nitrogens with one attached hydrogen (secondary N) is 2. The van der Waals surface area contributed by atoms with Crippen LogP contribution in [0.25, 0.3) is 0 Å². The van der Waals surface area contributed by atoms with Gasteiger partial charge in [0, 0.05) is 29.5 Å². The summed E-state index contributed by atoms with van der Waals surface area (Å²) in [7, 11) is 0. The van der Waals surface area contributed by atoms with Gasteiger partial charge in [0.2, 0.25) is 5.91 Å². The van der Waals surface area contributed by atoms with E-state index in [1.54, 1.807) is 23.9 Å². The van der Waals surface area contributed by atoms with Gasteiger partial charge in [0.25, 0.3) is 5.91 Å². The molecule has 7 heteroatoms. The largest absolute Gasteiger partial charge is 0.341 e. The van der Waals surface area contributed by atoms with E-state index in [4.69, 9.17) is 5.26 Å². The maximum atomic E-state index is 12.3. The molecule has 128 valence electrons. The average Bonchev–Trinajstić information content (AvgIpc) is 2.66. The van der Waals surface area contributed by atoms with Crippen molar-refractivity contribution in [2.45, 2.75) is 11.8 Å². The molecular formula is C18H18N4O2S. The molecule has 0 saturated heterocycles. The number of nitriles is 1. The highest BCUT2D eigenvalue weighted by atomic mass is 32.2. The van der Waals surface area contributed by atoms with Crippen LogP contribution >= 0.6 is 11.8 Å². The van der Waals surface area contributed by atoms with Crippen LogP contribution in [0, 0.1) is 11.3 Å². The minimum Gasteiger partial charge on any atom is -0.341 e. The summed E-state index contributed by atoms with van der Waals surface area (Å²) >= 11 is 1.54. The summed E-state index contributed by atoms with van der Waals surface area (Å²) in [4.78, 5) is 28.3. The Morgan fingerprint density at radius 3 is 2.56 bits per heavy atom. The summed E-state index contributed by atoms with van der Waals surface area (Å²) in [6.45, 7) is -0.0934. The molecule has 2 amide bonds. The number of hydrogen-bond donors (Lipinski definition) is 2. The van der Waals surface area contributed by atoms with Crippen molar-refractivity contribution < 1.29 is 9.59 Å². The Morgan fingerprint density at radius 1 is 1.16 bits per heavy atom. The number of benzene rings is 1. The third-order valence-corrected chi connectivity index (χ3v) is 4.41. The average molecular weight is 354 g/mol. The molecule has 25 heavy (non-hydrogen) atoms. The maximum Gasteiger partial charge on any atom is 0.252 e. The van der Waals surface area contributed by atoms with Crippen molar-refractivity contribution in [3.05, 3.63) is 66.0 Å². The third kappa shape index (κ3) is 6.28. The van der Waals surface area contributed by atoms with Crippen molar-refractivity contribution in [2.24, 2.45) is 0 Å². The molecule has 2 aromatic rings. The van der Waals surface area contributed by atoms with Crippen molar-refractivity contribution in [2.75, 3.05) is 12.3 Å². The first-order valence-corrected chi connectivity index (χ1v) is 8.83. The first-order valence-electron chi connectivity index (χ1n) is 7.68. The van der Waals surface area contributed by atoms with Gasteiger partial charge in [0.15, 0.2) is 0 Å². The van der Waals surface area contributed by atoms with Gasteiger partial charge < -0.3 is 10.6 Å². The quantitative estimate of drug-likeness (QED) is 0.704. The lowest BCUT2D eigenvalue weighted by molar-refractivity contribution is -0.122. The third-order valence-electron chi connectivity index (χ3n) is 3.30. The van der Waals surface area contributed by atoms with Crippen LogP contribution in [0.1, 0.15) is 15.9 Å². The SMILES string of the molecule is N#CCNC(=O)[C@H](CSCc1ccccc1)NC(=O)c1ccncc1. The molecule has 1 aromatic heterocycles. The molecule has 0 radical (unpaired) electrons. The summed E-state index contributed by atoms with van der Waals surface area (Å²) in [6.07, 6.45) is 3.04. The van der Waals surface area contributed by atoms with E-state index >= 15 is 0 Å². The first-order chi connectivity index (χ1) is 12.2. The number of rotatable bonds is 8. The molecule has 0 aliphatic rings. The molecule has 0 saturated carbocycles. The van der Waals surface area contributed by atoms with Crippen LogP contribution < -0.4 is 10.6 Å². The van der Waals surface area contributed by atoms with Gasteiger partial charge in [-0.05, 0) is 17.7 Å². The Balaban J connectivity index is 1.96. The number of amides is 2. The van der Waals surface area contributed by atoms with Crippen molar-refractivity contribution in [3.8, 4) is 6.07 Å². The van der Waals surface area contributed by atoms with Crippen molar-refractivity contribution >= 4 is 23.6 Å². The second kappa shape index (κ2) is 10.1. The topological polar surface area (TPSA) is 94.9 Å². The molecule has 0 aliphatic carbocycles.